The first-order valence-electron chi connectivity index (χ1n) is 30.3. The molecule has 20 N–H and O–H groups in total. The standard InChI is InChI=1S/C59H100ClN13O13/c1-7-34(4)12-8-10-14-41(76)30-38(16-22-61)53(80)72-50(35(5)74)49(78)31-39(17-23-62)52(79)68-46-21-27-66-59(86)51(36(6)75)73-57(84)45(20-26-65)69-55(82)44(19-25-64)70-58(85)47(28-33(2)3)71-54(81)40(29-37-13-9-11-15-42(37)60)32-48(77)43(18-24-63)67-56(46)83/h9,11,13,15,33-36,38-40,43-47,50-51,74-75H,7-8,10,12,14,16-32,61-65H2,1-6H3,(H,66,86)(H,67,83)(H,68,79)(H,69,82)(H,70,85)(H,71,81)(H,72,80)(H,73,84)/t34-,35+,36+,38+,39+,40-,43-,44-,45-,46-,47-,50-,51-/m0/s1. The molecule has 1 fully saturated rings. The lowest BCUT2D eigenvalue weighted by molar-refractivity contribution is -0.137. The Hall–Kier alpha value is -6.00. The second-order valence-corrected chi connectivity index (χ2v) is 23.5. The Morgan fingerprint density at radius 1 is 0.651 bits per heavy atom. The molecule has 1 aliphatic rings. The molecule has 13 atom stereocenters. The van der Waals surface area contributed by atoms with Crippen molar-refractivity contribution in [2.45, 2.75) is 199 Å². The van der Waals surface area contributed by atoms with Crippen molar-refractivity contribution in [2.24, 2.45) is 58.3 Å². The molecule has 1 aromatic carbocycles. The van der Waals surface area contributed by atoms with E-state index in [2.05, 4.69) is 56.4 Å². The van der Waals surface area contributed by atoms with Crippen LogP contribution in [0.3, 0.4) is 0 Å². The molecule has 0 unspecified atom stereocenters. The summed E-state index contributed by atoms with van der Waals surface area (Å²) in [6, 6.07) is -3.71. The zero-order valence-corrected chi connectivity index (χ0v) is 51.9. The summed E-state index contributed by atoms with van der Waals surface area (Å²) in [6.45, 7) is 9.34. The SMILES string of the molecule is CC[C@H](C)CCCCC(=O)C[C@@H](CCN)C(=O)N[C@H](C(=O)C[C@@H](CCN)C(=O)N[C@H]1CCNC(=O)[C@H]([C@@H](C)O)NC(=O)[C@H](CCN)NC(=O)[C@H](CCN)NC(=O)[C@H](CC(C)C)NC(=O)[C@@H](Cc2ccccc2Cl)CC(=O)[C@H](CCN)NC1=O)[C@@H](C)O. The van der Waals surface area contributed by atoms with Gasteiger partial charge in [-0.25, -0.2) is 0 Å². The third-order valence-electron chi connectivity index (χ3n) is 15.3. The van der Waals surface area contributed by atoms with Crippen LogP contribution in [0.15, 0.2) is 24.3 Å². The molecule has 86 heavy (non-hydrogen) atoms. The van der Waals surface area contributed by atoms with E-state index in [0.717, 1.165) is 19.3 Å². The Labute approximate surface area is 511 Å². The van der Waals surface area contributed by atoms with E-state index < -0.39 is 157 Å². The molecule has 1 heterocycles. The lowest BCUT2D eigenvalue weighted by atomic mass is 9.89. The van der Waals surface area contributed by atoms with Gasteiger partial charge in [0, 0.05) is 55.0 Å². The number of halogens is 1. The quantitative estimate of drug-likeness (QED) is 0.0383. The van der Waals surface area contributed by atoms with Crippen molar-refractivity contribution in [3.8, 4) is 0 Å². The molecule has 0 radical (unpaired) electrons. The first-order chi connectivity index (χ1) is 40.7. The van der Waals surface area contributed by atoms with E-state index in [-0.39, 0.29) is 107 Å². The fourth-order valence-electron chi connectivity index (χ4n) is 9.96. The van der Waals surface area contributed by atoms with Gasteiger partial charge in [-0.2, -0.15) is 0 Å². The normalized spacial score (nSPS) is 23.0. The summed E-state index contributed by atoms with van der Waals surface area (Å²) in [5, 5.41) is 42.7. The van der Waals surface area contributed by atoms with Crippen molar-refractivity contribution in [2.75, 3.05) is 39.3 Å². The van der Waals surface area contributed by atoms with E-state index in [0.29, 0.717) is 17.9 Å². The number of carbonyl (C=O) groups is 11. The number of hydrogen-bond donors (Lipinski definition) is 15. The number of hydrogen-bond acceptors (Lipinski definition) is 18. The summed E-state index contributed by atoms with van der Waals surface area (Å²) >= 11 is 6.58. The zero-order valence-electron chi connectivity index (χ0n) is 51.1. The van der Waals surface area contributed by atoms with E-state index >= 15 is 0 Å². The molecule has 0 aliphatic carbocycles. The third kappa shape index (κ3) is 26.9. The summed E-state index contributed by atoms with van der Waals surface area (Å²) in [4.78, 5) is 155. The smallest absolute Gasteiger partial charge is 0.245 e. The Kier molecular flexibility index (Phi) is 35.8. The third-order valence-corrected chi connectivity index (χ3v) is 15.6. The molecule has 2 rings (SSSR count). The number of rotatable bonds is 31. The Morgan fingerprint density at radius 2 is 1.20 bits per heavy atom. The maximum Gasteiger partial charge on any atom is 0.245 e. The molecule has 0 saturated carbocycles. The van der Waals surface area contributed by atoms with Crippen LogP contribution in [0.5, 0.6) is 0 Å². The average molecular weight is 1230 g/mol. The van der Waals surface area contributed by atoms with Crippen molar-refractivity contribution in [3.05, 3.63) is 34.9 Å². The molecule has 0 bridgehead atoms. The lowest BCUT2D eigenvalue weighted by Gasteiger charge is -2.28. The Morgan fingerprint density at radius 3 is 1.74 bits per heavy atom. The van der Waals surface area contributed by atoms with Crippen LogP contribution in [-0.2, 0) is 59.2 Å². The molecule has 1 aromatic rings. The zero-order chi connectivity index (χ0) is 64.6. The molecule has 8 amide bonds. The number of unbranched alkanes of at least 4 members (excludes halogenated alkanes) is 1. The molecular formula is C59H100ClN13O13. The van der Waals surface area contributed by atoms with Crippen LogP contribution in [0.4, 0.5) is 0 Å². The fraction of sp³-hybridized carbons (Fsp3) is 0.712. The molecule has 27 heteroatoms. The number of amides is 8. The van der Waals surface area contributed by atoms with Gasteiger partial charge >= 0.3 is 0 Å². The molecule has 26 nitrogen and oxygen atoms in total. The van der Waals surface area contributed by atoms with Gasteiger partial charge < -0.3 is 81.4 Å². The highest BCUT2D eigenvalue weighted by molar-refractivity contribution is 6.31. The minimum Gasteiger partial charge on any atom is -0.391 e. The van der Waals surface area contributed by atoms with E-state index in [1.165, 1.54) is 13.8 Å². The van der Waals surface area contributed by atoms with Crippen LogP contribution in [-0.4, -0.2) is 169 Å². The van der Waals surface area contributed by atoms with E-state index in [9.17, 15) is 63.0 Å². The summed E-state index contributed by atoms with van der Waals surface area (Å²) in [7, 11) is 0. The Bertz CT molecular complexity index is 2380. The van der Waals surface area contributed by atoms with Gasteiger partial charge in [-0.3, -0.25) is 52.7 Å². The molecular weight excluding hydrogens is 1130 g/mol. The maximum atomic E-state index is 14.6. The lowest BCUT2D eigenvalue weighted by Crippen LogP contribution is -2.60. The number of benzene rings is 1. The van der Waals surface area contributed by atoms with Crippen LogP contribution in [0, 0.1) is 29.6 Å². The first-order valence-corrected chi connectivity index (χ1v) is 30.7. The summed E-state index contributed by atoms with van der Waals surface area (Å²) < 4.78 is 0. The minimum atomic E-state index is -1.67. The fourth-order valence-corrected chi connectivity index (χ4v) is 10.2. The second-order valence-electron chi connectivity index (χ2n) is 23.1. The first kappa shape index (κ1) is 76.1. The highest BCUT2D eigenvalue weighted by Gasteiger charge is 2.38. The van der Waals surface area contributed by atoms with Crippen LogP contribution in [0.25, 0.3) is 0 Å². The second kappa shape index (κ2) is 40.5. The average Bonchev–Trinajstić information content (AvgIpc) is 3.61. The number of aliphatic hydroxyl groups is 2. The number of nitrogens with one attached hydrogen (secondary N) is 8. The van der Waals surface area contributed by atoms with Crippen LogP contribution < -0.4 is 71.2 Å². The van der Waals surface area contributed by atoms with E-state index in [1.54, 1.807) is 38.1 Å². The van der Waals surface area contributed by atoms with Crippen molar-refractivity contribution >= 4 is 76.2 Å². The van der Waals surface area contributed by atoms with Gasteiger partial charge in [0.15, 0.2) is 11.6 Å². The highest BCUT2D eigenvalue weighted by atomic mass is 35.5. The molecule has 1 aliphatic heterocycles. The summed E-state index contributed by atoms with van der Waals surface area (Å²) in [5.41, 5.74) is 30.0. The number of ketones is 3. The van der Waals surface area contributed by atoms with Crippen molar-refractivity contribution < 1.29 is 63.0 Å². The maximum absolute atomic E-state index is 14.6. The molecule has 0 aromatic heterocycles. The van der Waals surface area contributed by atoms with E-state index in [1.807, 2.05) is 0 Å². The largest absolute Gasteiger partial charge is 0.391 e. The van der Waals surface area contributed by atoms with Gasteiger partial charge in [0.05, 0.1) is 18.2 Å². The predicted octanol–water partition coefficient (Wildman–Crippen LogP) is -1.32. The predicted molar refractivity (Wildman–Crippen MR) is 325 cm³/mol. The van der Waals surface area contributed by atoms with Crippen LogP contribution in [0.2, 0.25) is 5.02 Å². The number of Topliss-reactive ketones (excluding diaryl/α,β-unsaturated/α-hetero) is 3. The summed E-state index contributed by atoms with van der Waals surface area (Å²) in [5.74, 6) is -11.7. The molecule has 486 valence electrons. The summed E-state index contributed by atoms with van der Waals surface area (Å²) in [6.07, 6.45) is -1.60. The topological polar surface area (TPSA) is 455 Å². The molecule has 1 saturated heterocycles. The van der Waals surface area contributed by atoms with Gasteiger partial charge in [0.2, 0.25) is 47.3 Å². The number of carbonyl (C=O) groups excluding carboxylic acids is 11. The Balaban J connectivity index is 2.70. The monoisotopic (exact) mass is 1230 g/mol. The van der Waals surface area contributed by atoms with Gasteiger partial charge in [0.25, 0.3) is 0 Å². The van der Waals surface area contributed by atoms with Gasteiger partial charge in [-0.05, 0) is 128 Å². The van der Waals surface area contributed by atoms with Gasteiger partial charge in [-0.1, -0.05) is 76.8 Å². The van der Waals surface area contributed by atoms with Gasteiger partial charge in [0.1, 0.15) is 42.0 Å². The van der Waals surface area contributed by atoms with Gasteiger partial charge in [-0.15, -0.1) is 0 Å². The van der Waals surface area contributed by atoms with Crippen molar-refractivity contribution in [3.63, 3.8) is 0 Å². The highest BCUT2D eigenvalue weighted by Crippen LogP contribution is 2.24. The minimum absolute atomic E-state index is 0.0527. The van der Waals surface area contributed by atoms with Crippen molar-refractivity contribution in [1.29, 1.82) is 0 Å². The van der Waals surface area contributed by atoms with E-state index in [4.69, 9.17) is 40.3 Å². The van der Waals surface area contributed by atoms with Crippen LogP contribution >= 0.6 is 11.6 Å². The number of aliphatic hydroxyl groups excluding tert-OH is 2. The van der Waals surface area contributed by atoms with Crippen LogP contribution in [0.1, 0.15) is 143 Å². The van der Waals surface area contributed by atoms with Crippen molar-refractivity contribution in [1.82, 2.24) is 42.5 Å². The number of nitrogens with two attached hydrogens (primary N) is 5. The molecule has 0 spiro atoms.